The molecule has 1 aliphatic heterocycles. The van der Waals surface area contributed by atoms with E-state index in [2.05, 4.69) is 15.9 Å². The van der Waals surface area contributed by atoms with Crippen LogP contribution in [-0.4, -0.2) is 25.3 Å². The summed E-state index contributed by atoms with van der Waals surface area (Å²) < 4.78 is 16.0. The Kier molecular flexibility index (Phi) is 3.00. The lowest BCUT2D eigenvalue weighted by molar-refractivity contribution is -0.0411. The molecule has 0 atom stereocenters. The molecule has 2 heterocycles. The monoisotopic (exact) mass is 260 g/mol. The van der Waals surface area contributed by atoms with Crippen LogP contribution in [0.4, 0.5) is 0 Å². The molecule has 1 fully saturated rings. The van der Waals surface area contributed by atoms with Crippen LogP contribution in [0.25, 0.3) is 0 Å². The highest BCUT2D eigenvalue weighted by Gasteiger charge is 2.23. The van der Waals surface area contributed by atoms with Crippen LogP contribution in [0.2, 0.25) is 0 Å². The van der Waals surface area contributed by atoms with Crippen LogP contribution in [-0.2, 0) is 9.47 Å². The van der Waals surface area contributed by atoms with Gasteiger partial charge in [0, 0.05) is 0 Å². The Labute approximate surface area is 89.3 Å². The van der Waals surface area contributed by atoms with Crippen molar-refractivity contribution in [1.29, 1.82) is 0 Å². The summed E-state index contributed by atoms with van der Waals surface area (Å²) >= 11 is 3.22. The van der Waals surface area contributed by atoms with Crippen LogP contribution in [0, 0.1) is 0 Å². The lowest BCUT2D eigenvalue weighted by atomic mass is 10.2. The molecule has 76 valence electrons. The van der Waals surface area contributed by atoms with Gasteiger partial charge in [-0.25, -0.2) is 0 Å². The van der Waals surface area contributed by atoms with E-state index in [-0.39, 0.29) is 12.2 Å². The van der Waals surface area contributed by atoms with Crippen LogP contribution >= 0.6 is 15.9 Å². The van der Waals surface area contributed by atoms with Crippen molar-refractivity contribution in [2.75, 3.05) is 13.2 Å². The van der Waals surface area contributed by atoms with Crippen molar-refractivity contribution in [2.45, 2.75) is 12.7 Å². The first-order chi connectivity index (χ1) is 6.77. The first-order valence-corrected chi connectivity index (χ1v) is 5.06. The maximum atomic E-state index is 11.6. The molecule has 1 saturated heterocycles. The highest BCUT2D eigenvalue weighted by atomic mass is 79.9. The summed E-state index contributed by atoms with van der Waals surface area (Å²) in [4.78, 5) is 11.6. The van der Waals surface area contributed by atoms with Gasteiger partial charge in [0.2, 0.25) is 5.78 Å². The fourth-order valence-corrected chi connectivity index (χ4v) is 1.68. The average Bonchev–Trinajstić information content (AvgIpc) is 2.75. The van der Waals surface area contributed by atoms with Gasteiger partial charge >= 0.3 is 0 Å². The zero-order chi connectivity index (χ0) is 9.97. The molecule has 1 aliphatic rings. The molecule has 0 radical (unpaired) electrons. The number of halogens is 1. The molecule has 0 unspecified atom stereocenters. The summed E-state index contributed by atoms with van der Waals surface area (Å²) in [5.41, 5.74) is 0. The second kappa shape index (κ2) is 4.25. The minimum absolute atomic E-state index is 0.117. The standard InChI is InChI=1S/C9H9BrO4/c10-6-1-2-14-9(6)7(11)5-8-12-3-4-13-8/h1-2,8H,3-5H2. The summed E-state index contributed by atoms with van der Waals surface area (Å²) in [6, 6.07) is 1.68. The Bertz CT molecular complexity index is 327. The van der Waals surface area contributed by atoms with Crippen molar-refractivity contribution in [3.63, 3.8) is 0 Å². The smallest absolute Gasteiger partial charge is 0.204 e. The maximum Gasteiger partial charge on any atom is 0.204 e. The van der Waals surface area contributed by atoms with Crippen LogP contribution in [0.1, 0.15) is 17.0 Å². The van der Waals surface area contributed by atoms with Crippen molar-refractivity contribution in [1.82, 2.24) is 0 Å². The predicted octanol–water partition coefficient (Wildman–Crippen LogP) is 1.99. The first kappa shape index (κ1) is 9.89. The van der Waals surface area contributed by atoms with Gasteiger partial charge in [-0.2, -0.15) is 0 Å². The number of furan rings is 1. The van der Waals surface area contributed by atoms with Gasteiger partial charge in [-0.05, 0) is 22.0 Å². The van der Waals surface area contributed by atoms with Crippen molar-refractivity contribution >= 4 is 21.7 Å². The van der Waals surface area contributed by atoms with E-state index in [0.717, 1.165) is 0 Å². The van der Waals surface area contributed by atoms with E-state index in [9.17, 15) is 4.79 Å². The Hall–Kier alpha value is -0.650. The molecule has 4 nitrogen and oxygen atoms in total. The van der Waals surface area contributed by atoms with Gasteiger partial charge < -0.3 is 13.9 Å². The van der Waals surface area contributed by atoms with Crippen LogP contribution in [0.5, 0.6) is 0 Å². The molecule has 2 rings (SSSR count). The SMILES string of the molecule is O=C(CC1OCCO1)c1occc1Br. The zero-order valence-corrected chi connectivity index (χ0v) is 8.95. The van der Waals surface area contributed by atoms with Crippen LogP contribution in [0.3, 0.4) is 0 Å². The van der Waals surface area contributed by atoms with Crippen LogP contribution < -0.4 is 0 Å². The minimum atomic E-state index is -0.417. The van der Waals surface area contributed by atoms with Gasteiger partial charge in [0.15, 0.2) is 12.1 Å². The lowest BCUT2D eigenvalue weighted by Crippen LogP contribution is -2.14. The molecular weight excluding hydrogens is 252 g/mol. The van der Waals surface area contributed by atoms with E-state index >= 15 is 0 Å². The molecule has 0 N–H and O–H groups in total. The summed E-state index contributed by atoms with van der Waals surface area (Å²) in [7, 11) is 0. The summed E-state index contributed by atoms with van der Waals surface area (Å²) in [6.07, 6.45) is 1.25. The highest BCUT2D eigenvalue weighted by molar-refractivity contribution is 9.10. The predicted molar refractivity (Wildman–Crippen MR) is 51.0 cm³/mol. The largest absolute Gasteiger partial charge is 0.460 e. The second-order valence-electron chi connectivity index (χ2n) is 2.90. The number of carbonyl (C=O) groups excluding carboxylic acids is 1. The van der Waals surface area contributed by atoms with E-state index in [4.69, 9.17) is 13.9 Å². The number of rotatable bonds is 3. The number of ketones is 1. The van der Waals surface area contributed by atoms with Gasteiger partial charge in [-0.15, -0.1) is 0 Å². The quantitative estimate of drug-likeness (QED) is 0.780. The normalized spacial score (nSPS) is 17.5. The molecular formula is C9H9BrO4. The van der Waals surface area contributed by atoms with Crippen molar-refractivity contribution < 1.29 is 18.7 Å². The number of hydrogen-bond acceptors (Lipinski definition) is 4. The number of ether oxygens (including phenoxy) is 2. The molecule has 0 aromatic carbocycles. The highest BCUT2D eigenvalue weighted by Crippen LogP contribution is 2.21. The third kappa shape index (κ3) is 2.05. The van der Waals surface area contributed by atoms with E-state index < -0.39 is 6.29 Å². The molecule has 1 aromatic heterocycles. The fourth-order valence-electron chi connectivity index (χ4n) is 1.26. The third-order valence-corrected chi connectivity index (χ3v) is 2.54. The Morgan fingerprint density at radius 1 is 1.50 bits per heavy atom. The number of hydrogen-bond donors (Lipinski definition) is 0. The minimum Gasteiger partial charge on any atom is -0.460 e. The summed E-state index contributed by atoms with van der Waals surface area (Å²) in [5, 5.41) is 0. The second-order valence-corrected chi connectivity index (χ2v) is 3.75. The molecule has 0 spiro atoms. The van der Waals surface area contributed by atoms with E-state index in [0.29, 0.717) is 23.4 Å². The van der Waals surface area contributed by atoms with Gasteiger partial charge in [-0.3, -0.25) is 4.79 Å². The van der Waals surface area contributed by atoms with E-state index in [1.54, 1.807) is 6.07 Å². The average molecular weight is 261 g/mol. The van der Waals surface area contributed by atoms with Gasteiger partial charge in [-0.1, -0.05) is 0 Å². The number of Topliss-reactive ketones (excluding diaryl/α,β-unsaturated/α-hetero) is 1. The molecule has 1 aromatic rings. The molecule has 0 amide bonds. The molecule has 0 aliphatic carbocycles. The van der Waals surface area contributed by atoms with Crippen LogP contribution in [0.15, 0.2) is 21.2 Å². The molecule has 0 bridgehead atoms. The molecule has 14 heavy (non-hydrogen) atoms. The fraction of sp³-hybridized carbons (Fsp3) is 0.444. The van der Waals surface area contributed by atoms with E-state index in [1.807, 2.05) is 0 Å². The summed E-state index contributed by atoms with van der Waals surface area (Å²) in [5.74, 6) is 0.206. The van der Waals surface area contributed by atoms with Gasteiger partial charge in [0.1, 0.15) is 0 Å². The summed E-state index contributed by atoms with van der Waals surface area (Å²) in [6.45, 7) is 1.11. The zero-order valence-electron chi connectivity index (χ0n) is 7.36. The Morgan fingerprint density at radius 3 is 2.79 bits per heavy atom. The van der Waals surface area contributed by atoms with Crippen molar-refractivity contribution in [3.05, 3.63) is 22.6 Å². The van der Waals surface area contributed by atoms with Crippen molar-refractivity contribution in [3.8, 4) is 0 Å². The Morgan fingerprint density at radius 2 is 2.21 bits per heavy atom. The number of carbonyl (C=O) groups is 1. The Balaban J connectivity index is 1.98. The lowest BCUT2D eigenvalue weighted by Gasteiger charge is -2.06. The van der Waals surface area contributed by atoms with Gasteiger partial charge in [0.25, 0.3) is 0 Å². The van der Waals surface area contributed by atoms with E-state index in [1.165, 1.54) is 6.26 Å². The first-order valence-electron chi connectivity index (χ1n) is 4.27. The van der Waals surface area contributed by atoms with Gasteiger partial charge in [0.05, 0.1) is 30.4 Å². The molecule has 0 saturated carbocycles. The topological polar surface area (TPSA) is 48.7 Å². The van der Waals surface area contributed by atoms with Crippen molar-refractivity contribution in [2.24, 2.45) is 0 Å². The third-order valence-electron chi connectivity index (χ3n) is 1.91. The maximum absolute atomic E-state index is 11.6. The molecule has 5 heteroatoms.